The van der Waals surface area contributed by atoms with Gasteiger partial charge in [-0.3, -0.25) is 4.90 Å². The van der Waals surface area contributed by atoms with Crippen LogP contribution in [0.3, 0.4) is 0 Å². The molecule has 0 bridgehead atoms. The van der Waals surface area contributed by atoms with Crippen LogP contribution in [-0.2, 0) is 0 Å². The maximum Gasteiger partial charge on any atom is 0.125 e. The highest BCUT2D eigenvalue weighted by molar-refractivity contribution is 5.85. The van der Waals surface area contributed by atoms with E-state index in [0.29, 0.717) is 0 Å². The molecule has 4 nitrogen and oxygen atoms in total. The molecule has 0 saturated carbocycles. The van der Waals surface area contributed by atoms with Crippen molar-refractivity contribution in [1.82, 2.24) is 9.80 Å². The molecule has 1 N–H and O–H groups in total. The van der Waals surface area contributed by atoms with E-state index in [2.05, 4.69) is 41.8 Å². The molecule has 0 aromatic heterocycles. The molecule has 0 unspecified atom stereocenters. The van der Waals surface area contributed by atoms with Gasteiger partial charge in [0.05, 0.1) is 13.2 Å². The van der Waals surface area contributed by atoms with Gasteiger partial charge in [0.15, 0.2) is 0 Å². The first-order chi connectivity index (χ1) is 10.2. The molecule has 0 radical (unpaired) electrons. The number of β-amino-alcohol motifs (C(OH)–C–C–N with tert-alkyl or cyclic N) is 1. The van der Waals surface area contributed by atoms with Crippen molar-refractivity contribution in [2.45, 2.75) is 20.3 Å². The molecule has 0 aliphatic carbocycles. The van der Waals surface area contributed by atoms with Gasteiger partial charge in [0.25, 0.3) is 0 Å². The number of aliphatic hydroxyl groups is 1. The van der Waals surface area contributed by atoms with E-state index in [-0.39, 0.29) is 31.4 Å². The number of aryl methyl sites for hydroxylation is 2. The van der Waals surface area contributed by atoms with Crippen LogP contribution in [0, 0.1) is 13.8 Å². The maximum atomic E-state index is 8.94. The van der Waals surface area contributed by atoms with Crippen molar-refractivity contribution < 1.29 is 9.84 Å². The van der Waals surface area contributed by atoms with Crippen LogP contribution in [0.2, 0.25) is 0 Å². The molecule has 6 heteroatoms. The third-order valence-corrected chi connectivity index (χ3v) is 4.15. The van der Waals surface area contributed by atoms with Crippen molar-refractivity contribution in [1.29, 1.82) is 0 Å². The Morgan fingerprint density at radius 1 is 0.957 bits per heavy atom. The van der Waals surface area contributed by atoms with Crippen molar-refractivity contribution in [3.8, 4) is 5.75 Å². The summed E-state index contributed by atoms with van der Waals surface area (Å²) in [5.74, 6) is 1.05. The molecular formula is C17H30Cl2N2O2. The summed E-state index contributed by atoms with van der Waals surface area (Å²) >= 11 is 0. The van der Waals surface area contributed by atoms with Crippen molar-refractivity contribution >= 4 is 24.8 Å². The largest absolute Gasteiger partial charge is 0.493 e. The van der Waals surface area contributed by atoms with E-state index in [1.54, 1.807) is 0 Å². The number of hydrogen-bond acceptors (Lipinski definition) is 4. The van der Waals surface area contributed by atoms with E-state index >= 15 is 0 Å². The van der Waals surface area contributed by atoms with Gasteiger partial charge < -0.3 is 14.7 Å². The van der Waals surface area contributed by atoms with Crippen molar-refractivity contribution in [2.75, 3.05) is 52.5 Å². The molecule has 1 aromatic rings. The molecule has 0 atom stereocenters. The Kier molecular flexibility index (Phi) is 11.7. The first-order valence-corrected chi connectivity index (χ1v) is 7.95. The predicted molar refractivity (Wildman–Crippen MR) is 100 cm³/mol. The van der Waals surface area contributed by atoms with Gasteiger partial charge in [-0.15, -0.1) is 24.8 Å². The summed E-state index contributed by atoms with van der Waals surface area (Å²) in [5.41, 5.74) is 2.43. The second kappa shape index (κ2) is 11.9. The summed E-state index contributed by atoms with van der Waals surface area (Å²) in [6.07, 6.45) is 1.06. The van der Waals surface area contributed by atoms with Crippen LogP contribution in [0.1, 0.15) is 17.5 Å². The van der Waals surface area contributed by atoms with Crippen LogP contribution < -0.4 is 4.74 Å². The minimum atomic E-state index is 0. The first kappa shape index (κ1) is 22.5. The number of benzene rings is 1. The number of nitrogens with zero attached hydrogens (tertiary/aromatic N) is 2. The monoisotopic (exact) mass is 364 g/mol. The second-order valence-corrected chi connectivity index (χ2v) is 5.83. The molecule has 1 fully saturated rings. The zero-order valence-corrected chi connectivity index (χ0v) is 15.8. The maximum absolute atomic E-state index is 8.94. The number of halogens is 2. The quantitative estimate of drug-likeness (QED) is 0.754. The van der Waals surface area contributed by atoms with Crippen LogP contribution in [0.25, 0.3) is 0 Å². The van der Waals surface area contributed by atoms with Crippen molar-refractivity contribution in [3.63, 3.8) is 0 Å². The van der Waals surface area contributed by atoms with Gasteiger partial charge in [0.1, 0.15) is 5.75 Å². The lowest BCUT2D eigenvalue weighted by atomic mass is 10.1. The molecule has 1 heterocycles. The Hall–Kier alpha value is -0.520. The average molecular weight is 365 g/mol. The molecular weight excluding hydrogens is 335 g/mol. The molecule has 1 saturated heterocycles. The molecule has 2 rings (SSSR count). The summed E-state index contributed by atoms with van der Waals surface area (Å²) in [4.78, 5) is 4.81. The summed E-state index contributed by atoms with van der Waals surface area (Å²) < 4.78 is 5.95. The third-order valence-electron chi connectivity index (χ3n) is 4.15. The third kappa shape index (κ3) is 7.27. The van der Waals surface area contributed by atoms with E-state index in [0.717, 1.165) is 58.0 Å². The standard InChI is InChI=1S/C17H28N2O2.2ClH/c1-15-5-3-6-16(2)17(15)21-14-4-7-18-8-10-19(11-9-18)12-13-20;;/h3,5-6,20H,4,7-14H2,1-2H3;2*1H. The molecule has 1 aromatic carbocycles. The van der Waals surface area contributed by atoms with Crippen LogP contribution in [0.4, 0.5) is 0 Å². The lowest BCUT2D eigenvalue weighted by molar-refractivity contribution is 0.108. The number of aliphatic hydroxyl groups excluding tert-OH is 1. The minimum Gasteiger partial charge on any atom is -0.493 e. The highest BCUT2D eigenvalue weighted by Crippen LogP contribution is 2.22. The summed E-state index contributed by atoms with van der Waals surface area (Å²) in [5, 5.41) is 8.94. The van der Waals surface area contributed by atoms with Crippen molar-refractivity contribution in [2.24, 2.45) is 0 Å². The first-order valence-electron chi connectivity index (χ1n) is 7.95. The summed E-state index contributed by atoms with van der Waals surface area (Å²) in [7, 11) is 0. The Morgan fingerprint density at radius 2 is 1.48 bits per heavy atom. The van der Waals surface area contributed by atoms with Gasteiger partial charge in [-0.1, -0.05) is 18.2 Å². The SMILES string of the molecule is Cc1cccc(C)c1OCCCN1CCN(CCO)CC1.Cl.Cl. The number of para-hydroxylation sites is 1. The number of hydrogen-bond donors (Lipinski definition) is 1. The number of piperazine rings is 1. The molecule has 134 valence electrons. The molecule has 23 heavy (non-hydrogen) atoms. The summed E-state index contributed by atoms with van der Waals surface area (Å²) in [6, 6.07) is 6.27. The van der Waals surface area contributed by atoms with Gasteiger partial charge in [-0.2, -0.15) is 0 Å². The van der Waals surface area contributed by atoms with Crippen LogP contribution in [-0.4, -0.2) is 67.4 Å². The number of ether oxygens (including phenoxy) is 1. The van der Waals surface area contributed by atoms with Crippen molar-refractivity contribution in [3.05, 3.63) is 29.3 Å². The Balaban J connectivity index is 0.00000242. The van der Waals surface area contributed by atoms with Gasteiger partial charge in [-0.25, -0.2) is 0 Å². The fraction of sp³-hybridized carbons (Fsp3) is 0.647. The fourth-order valence-electron chi connectivity index (χ4n) is 2.87. The fourth-order valence-corrected chi connectivity index (χ4v) is 2.87. The van der Waals surface area contributed by atoms with Gasteiger partial charge >= 0.3 is 0 Å². The highest BCUT2D eigenvalue weighted by Gasteiger charge is 2.15. The zero-order chi connectivity index (χ0) is 15.1. The summed E-state index contributed by atoms with van der Waals surface area (Å²) in [6.45, 7) is 11.5. The van der Waals surface area contributed by atoms with E-state index in [1.165, 1.54) is 11.1 Å². The predicted octanol–water partition coefficient (Wildman–Crippen LogP) is 2.53. The second-order valence-electron chi connectivity index (χ2n) is 5.83. The van der Waals surface area contributed by atoms with E-state index < -0.39 is 0 Å². The van der Waals surface area contributed by atoms with E-state index in [1.807, 2.05) is 0 Å². The highest BCUT2D eigenvalue weighted by atomic mass is 35.5. The Bertz CT molecular complexity index is 418. The smallest absolute Gasteiger partial charge is 0.125 e. The van der Waals surface area contributed by atoms with Crippen LogP contribution in [0.5, 0.6) is 5.75 Å². The molecule has 1 aliphatic heterocycles. The average Bonchev–Trinajstić information content (AvgIpc) is 2.48. The zero-order valence-electron chi connectivity index (χ0n) is 14.2. The minimum absolute atomic E-state index is 0. The van der Waals surface area contributed by atoms with Crippen LogP contribution >= 0.6 is 24.8 Å². The van der Waals surface area contributed by atoms with Gasteiger partial charge in [-0.05, 0) is 31.4 Å². The molecule has 1 aliphatic rings. The lowest BCUT2D eigenvalue weighted by Gasteiger charge is -2.34. The van der Waals surface area contributed by atoms with E-state index in [9.17, 15) is 0 Å². The van der Waals surface area contributed by atoms with Gasteiger partial charge in [0.2, 0.25) is 0 Å². The Morgan fingerprint density at radius 3 is 2.00 bits per heavy atom. The normalized spacial score (nSPS) is 15.6. The molecule has 0 spiro atoms. The number of rotatable bonds is 7. The van der Waals surface area contributed by atoms with Gasteiger partial charge in [0, 0.05) is 39.3 Å². The van der Waals surface area contributed by atoms with Crippen LogP contribution in [0.15, 0.2) is 18.2 Å². The lowest BCUT2D eigenvalue weighted by Crippen LogP contribution is -2.47. The topological polar surface area (TPSA) is 35.9 Å². The molecule has 0 amide bonds. The van der Waals surface area contributed by atoms with E-state index in [4.69, 9.17) is 9.84 Å². The Labute approximate surface area is 152 Å².